The fourth-order valence-corrected chi connectivity index (χ4v) is 6.23. The van der Waals surface area contributed by atoms with Crippen molar-refractivity contribution >= 4 is 34.7 Å². The van der Waals surface area contributed by atoms with E-state index in [1.54, 1.807) is 0 Å². The van der Waals surface area contributed by atoms with E-state index in [-0.39, 0.29) is 16.9 Å². The summed E-state index contributed by atoms with van der Waals surface area (Å²) in [7, 11) is 0. The number of aromatic nitrogens is 2. The van der Waals surface area contributed by atoms with E-state index >= 15 is 0 Å². The number of benzene rings is 2. The van der Waals surface area contributed by atoms with Gasteiger partial charge in [-0.15, -0.1) is 10.2 Å². The number of amides is 1. The molecule has 1 aliphatic heterocycles. The number of carbonyl (C=O) groups is 1. The second kappa shape index (κ2) is 7.58. The summed E-state index contributed by atoms with van der Waals surface area (Å²) in [6, 6.07) is 19.0. The number of rotatable bonds is 4. The van der Waals surface area contributed by atoms with Gasteiger partial charge in [-0.05, 0) is 44.4 Å². The van der Waals surface area contributed by atoms with Crippen molar-refractivity contribution in [2.24, 2.45) is 0 Å². The van der Waals surface area contributed by atoms with Crippen molar-refractivity contribution < 1.29 is 4.79 Å². The first-order chi connectivity index (χ1) is 13.8. The number of nitrogens with zero attached hydrogens (tertiary/aromatic N) is 3. The zero-order valence-corrected chi connectivity index (χ0v) is 18.8. The van der Waals surface area contributed by atoms with Crippen LogP contribution in [0.2, 0.25) is 0 Å². The Morgan fingerprint density at radius 3 is 2.45 bits per heavy atom. The van der Waals surface area contributed by atoms with E-state index in [4.69, 9.17) is 0 Å². The molecule has 1 aromatic heterocycles. The Bertz CT molecular complexity index is 1030. The molecule has 0 unspecified atom stereocenters. The maximum Gasteiger partial charge on any atom is 0.237 e. The van der Waals surface area contributed by atoms with Gasteiger partial charge in [-0.3, -0.25) is 4.79 Å². The van der Waals surface area contributed by atoms with E-state index in [0.29, 0.717) is 5.75 Å². The summed E-state index contributed by atoms with van der Waals surface area (Å²) in [5.41, 5.74) is 3.03. The standard InChI is InChI=1S/C23H25N3OS2/c1-16-24-25-21(29-16)28-14-20(27)26-19-13-9-8-12-18(19)23(4,15-22(26,2)3)17-10-6-5-7-11-17/h5-13H,14-15H2,1-4H3/t23-/m1/s1. The molecule has 4 rings (SSSR count). The lowest BCUT2D eigenvalue weighted by molar-refractivity contribution is -0.117. The number of anilines is 1. The van der Waals surface area contributed by atoms with Crippen LogP contribution in [0.4, 0.5) is 5.69 Å². The molecule has 2 aromatic carbocycles. The van der Waals surface area contributed by atoms with Gasteiger partial charge in [-0.1, -0.05) is 78.6 Å². The first-order valence-corrected chi connectivity index (χ1v) is 11.5. The minimum atomic E-state index is -0.312. The Kier molecular flexibility index (Phi) is 5.25. The first kappa shape index (κ1) is 20.1. The normalized spacial score (nSPS) is 20.3. The zero-order valence-electron chi connectivity index (χ0n) is 17.2. The Hall–Kier alpha value is -2.18. The lowest BCUT2D eigenvalue weighted by atomic mass is 9.65. The Labute approximate surface area is 180 Å². The molecule has 1 amide bonds. The van der Waals surface area contributed by atoms with Crippen LogP contribution in [0.5, 0.6) is 0 Å². The molecular weight excluding hydrogens is 398 g/mol. The predicted molar refractivity (Wildman–Crippen MR) is 121 cm³/mol. The molecule has 150 valence electrons. The van der Waals surface area contributed by atoms with E-state index in [9.17, 15) is 4.79 Å². The van der Waals surface area contributed by atoms with Gasteiger partial charge in [-0.25, -0.2) is 0 Å². The Morgan fingerprint density at radius 1 is 1.07 bits per heavy atom. The highest BCUT2D eigenvalue weighted by Gasteiger charge is 2.47. The summed E-state index contributed by atoms with van der Waals surface area (Å²) in [6.45, 7) is 8.56. The smallest absolute Gasteiger partial charge is 0.237 e. The molecule has 0 radical (unpaired) electrons. The highest BCUT2D eigenvalue weighted by atomic mass is 32.2. The predicted octanol–water partition coefficient (Wildman–Crippen LogP) is 5.46. The lowest BCUT2D eigenvalue weighted by Crippen LogP contribution is -2.56. The Morgan fingerprint density at radius 2 is 1.76 bits per heavy atom. The largest absolute Gasteiger partial charge is 0.306 e. The number of hydrogen-bond acceptors (Lipinski definition) is 5. The molecule has 0 fully saturated rings. The van der Waals surface area contributed by atoms with Crippen molar-refractivity contribution in [2.75, 3.05) is 10.7 Å². The van der Waals surface area contributed by atoms with Crippen LogP contribution < -0.4 is 4.90 Å². The molecule has 0 aliphatic carbocycles. The van der Waals surface area contributed by atoms with Gasteiger partial charge >= 0.3 is 0 Å². The lowest BCUT2D eigenvalue weighted by Gasteiger charge is -2.51. The number of carbonyl (C=O) groups excluding carboxylic acids is 1. The van der Waals surface area contributed by atoms with E-state index in [0.717, 1.165) is 21.5 Å². The van der Waals surface area contributed by atoms with Crippen LogP contribution in [-0.2, 0) is 10.2 Å². The molecule has 0 bridgehead atoms. The molecule has 0 saturated carbocycles. The van der Waals surface area contributed by atoms with Gasteiger partial charge in [0.25, 0.3) is 0 Å². The third kappa shape index (κ3) is 3.71. The zero-order chi connectivity index (χ0) is 20.6. The van der Waals surface area contributed by atoms with Crippen molar-refractivity contribution in [3.8, 4) is 0 Å². The van der Waals surface area contributed by atoms with E-state index < -0.39 is 0 Å². The molecule has 1 atom stereocenters. The third-order valence-electron chi connectivity index (χ3n) is 5.62. The fourth-order valence-electron chi connectivity index (χ4n) is 4.56. The summed E-state index contributed by atoms with van der Waals surface area (Å²) < 4.78 is 0.841. The maximum atomic E-state index is 13.4. The van der Waals surface area contributed by atoms with Gasteiger partial charge in [0.2, 0.25) is 5.91 Å². The minimum Gasteiger partial charge on any atom is -0.306 e. The average molecular weight is 424 g/mol. The molecule has 3 aromatic rings. The third-order valence-corrected chi connectivity index (χ3v) is 7.57. The first-order valence-electron chi connectivity index (χ1n) is 9.72. The van der Waals surface area contributed by atoms with Crippen molar-refractivity contribution in [1.29, 1.82) is 0 Å². The van der Waals surface area contributed by atoms with Crippen LogP contribution in [0, 0.1) is 6.92 Å². The molecule has 6 heteroatoms. The fraction of sp³-hybridized carbons (Fsp3) is 0.348. The van der Waals surface area contributed by atoms with Crippen LogP contribution in [-0.4, -0.2) is 27.4 Å². The van der Waals surface area contributed by atoms with Gasteiger partial charge in [0.1, 0.15) is 5.01 Å². The molecule has 0 saturated heterocycles. The molecule has 0 N–H and O–H groups in total. The highest BCUT2D eigenvalue weighted by molar-refractivity contribution is 8.01. The number of hydrogen-bond donors (Lipinski definition) is 0. The molecule has 0 spiro atoms. The SMILES string of the molecule is Cc1nnc(SCC(=O)N2c3ccccc3[C@@](C)(c3ccccc3)CC2(C)C)s1. The van der Waals surface area contributed by atoms with Crippen LogP contribution in [0.1, 0.15) is 43.3 Å². The van der Waals surface area contributed by atoms with Crippen molar-refractivity contribution in [3.63, 3.8) is 0 Å². The molecule has 1 aliphatic rings. The molecular formula is C23H25N3OS2. The van der Waals surface area contributed by atoms with Crippen LogP contribution in [0.15, 0.2) is 58.9 Å². The average Bonchev–Trinajstić information content (AvgIpc) is 3.11. The number of thioether (sulfide) groups is 1. The number of aryl methyl sites for hydroxylation is 1. The van der Waals surface area contributed by atoms with Gasteiger partial charge in [-0.2, -0.15) is 0 Å². The second-order valence-corrected chi connectivity index (χ2v) is 10.7. The highest BCUT2D eigenvalue weighted by Crippen LogP contribution is 2.50. The monoisotopic (exact) mass is 423 g/mol. The summed E-state index contributed by atoms with van der Waals surface area (Å²) >= 11 is 3.00. The van der Waals surface area contributed by atoms with Crippen molar-refractivity contribution in [2.45, 2.75) is 49.4 Å². The number of fused-ring (bicyclic) bond motifs is 1. The van der Waals surface area contributed by atoms with Crippen LogP contribution >= 0.6 is 23.1 Å². The van der Waals surface area contributed by atoms with Crippen LogP contribution in [0.25, 0.3) is 0 Å². The maximum absolute atomic E-state index is 13.4. The van der Waals surface area contributed by atoms with Crippen LogP contribution in [0.3, 0.4) is 0 Å². The Balaban J connectivity index is 1.71. The van der Waals surface area contributed by atoms with E-state index in [1.807, 2.05) is 17.9 Å². The van der Waals surface area contributed by atoms with Crippen molar-refractivity contribution in [3.05, 3.63) is 70.7 Å². The summed E-state index contributed by atoms with van der Waals surface area (Å²) in [5.74, 6) is 0.462. The van der Waals surface area contributed by atoms with Gasteiger partial charge in [0, 0.05) is 16.6 Å². The molecule has 4 nitrogen and oxygen atoms in total. The minimum absolute atomic E-state index is 0.107. The topological polar surface area (TPSA) is 46.1 Å². The van der Waals surface area contributed by atoms with Gasteiger partial charge in [0.05, 0.1) is 5.75 Å². The number of para-hydroxylation sites is 1. The quantitative estimate of drug-likeness (QED) is 0.523. The van der Waals surface area contributed by atoms with E-state index in [1.165, 1.54) is 34.2 Å². The summed E-state index contributed by atoms with van der Waals surface area (Å²) in [4.78, 5) is 15.4. The second-order valence-electron chi connectivity index (χ2n) is 8.31. The van der Waals surface area contributed by atoms with Crippen molar-refractivity contribution in [1.82, 2.24) is 10.2 Å². The molecule has 2 heterocycles. The van der Waals surface area contributed by atoms with E-state index in [2.05, 4.69) is 79.5 Å². The summed E-state index contributed by atoms with van der Waals surface area (Å²) in [6.07, 6.45) is 0.856. The van der Waals surface area contributed by atoms with Gasteiger partial charge in [0.15, 0.2) is 4.34 Å². The van der Waals surface area contributed by atoms with Gasteiger partial charge < -0.3 is 4.90 Å². The molecule has 29 heavy (non-hydrogen) atoms. The summed E-state index contributed by atoms with van der Waals surface area (Å²) in [5, 5.41) is 9.10.